The monoisotopic (exact) mass is 513 g/mol. The third kappa shape index (κ3) is 6.84. The van der Waals surface area contributed by atoms with Crippen LogP contribution in [0, 0.1) is 5.92 Å². The Morgan fingerprint density at radius 2 is 1.62 bits per heavy atom. The van der Waals surface area contributed by atoms with Gasteiger partial charge in [0.15, 0.2) is 0 Å². The number of benzene rings is 2. The minimum absolute atomic E-state index is 0.114. The van der Waals surface area contributed by atoms with Gasteiger partial charge >= 0.3 is 12.1 Å². The Morgan fingerprint density at radius 1 is 1.00 bits per heavy atom. The van der Waals surface area contributed by atoms with E-state index in [2.05, 4.69) is 43.0 Å². The first-order chi connectivity index (χ1) is 17.7. The topological polar surface area (TPSA) is 40.5 Å². The first-order valence-corrected chi connectivity index (χ1v) is 13.7. The van der Waals surface area contributed by atoms with Crippen molar-refractivity contribution in [3.63, 3.8) is 0 Å². The summed E-state index contributed by atoms with van der Waals surface area (Å²) >= 11 is 0. The van der Waals surface area contributed by atoms with E-state index in [0.717, 1.165) is 42.0 Å². The fourth-order valence-electron chi connectivity index (χ4n) is 6.03. The number of carboxylic acid groups (broad SMARTS) is 1. The Hall–Kier alpha value is -2.60. The van der Waals surface area contributed by atoms with Crippen LogP contribution in [-0.2, 0) is 11.0 Å². The minimum Gasteiger partial charge on any atom is -0.478 e. The van der Waals surface area contributed by atoms with Gasteiger partial charge in [0.05, 0.1) is 5.56 Å². The molecule has 0 aromatic heterocycles. The normalized spacial score (nSPS) is 21.6. The van der Waals surface area contributed by atoms with Gasteiger partial charge in [-0.25, -0.2) is 4.79 Å². The molecule has 1 saturated heterocycles. The lowest BCUT2D eigenvalue weighted by Gasteiger charge is -2.43. The summed E-state index contributed by atoms with van der Waals surface area (Å²) < 4.78 is 39.6. The van der Waals surface area contributed by atoms with E-state index in [4.69, 9.17) is 0 Å². The summed E-state index contributed by atoms with van der Waals surface area (Å²) in [5.41, 5.74) is 3.58. The fraction of sp³-hybridized carbons (Fsp3) is 0.516. The second-order valence-electron chi connectivity index (χ2n) is 10.7. The second-order valence-corrected chi connectivity index (χ2v) is 10.7. The van der Waals surface area contributed by atoms with E-state index >= 15 is 0 Å². The van der Waals surface area contributed by atoms with Crippen LogP contribution in [0.4, 0.5) is 13.2 Å². The quantitative estimate of drug-likeness (QED) is 0.323. The molecule has 2 fully saturated rings. The minimum atomic E-state index is -4.39. The summed E-state index contributed by atoms with van der Waals surface area (Å²) in [7, 11) is 0. The van der Waals surface area contributed by atoms with Crippen molar-refractivity contribution in [3.8, 4) is 0 Å². The molecule has 6 heteroatoms. The van der Waals surface area contributed by atoms with Crippen molar-refractivity contribution in [3.05, 3.63) is 82.4 Å². The number of hydrogen-bond donors (Lipinski definition) is 1. The van der Waals surface area contributed by atoms with E-state index < -0.39 is 17.7 Å². The molecular weight excluding hydrogens is 475 g/mol. The van der Waals surface area contributed by atoms with Crippen LogP contribution >= 0.6 is 0 Å². The van der Waals surface area contributed by atoms with E-state index in [1.165, 1.54) is 42.9 Å². The lowest BCUT2D eigenvalue weighted by molar-refractivity contribution is -0.137. The average molecular weight is 514 g/mol. The Bertz CT molecular complexity index is 1070. The van der Waals surface area contributed by atoms with Crippen LogP contribution in [0.1, 0.15) is 105 Å². The summed E-state index contributed by atoms with van der Waals surface area (Å²) in [5.74, 6) is 0.456. The number of halogens is 3. The van der Waals surface area contributed by atoms with Crippen molar-refractivity contribution in [2.45, 2.75) is 89.4 Å². The van der Waals surface area contributed by atoms with Gasteiger partial charge in [-0.1, -0.05) is 68.7 Å². The van der Waals surface area contributed by atoms with Crippen LogP contribution < -0.4 is 0 Å². The molecule has 37 heavy (non-hydrogen) atoms. The molecule has 4 rings (SSSR count). The van der Waals surface area contributed by atoms with Crippen LogP contribution in [0.25, 0.3) is 0 Å². The van der Waals surface area contributed by atoms with Crippen molar-refractivity contribution in [1.82, 2.24) is 4.90 Å². The molecule has 0 radical (unpaired) electrons. The van der Waals surface area contributed by atoms with Gasteiger partial charge in [-0.2, -0.15) is 13.2 Å². The van der Waals surface area contributed by atoms with Crippen LogP contribution in [0.15, 0.2) is 60.2 Å². The molecule has 2 aromatic carbocycles. The van der Waals surface area contributed by atoms with E-state index in [1.54, 1.807) is 12.1 Å². The maximum Gasteiger partial charge on any atom is 0.416 e. The number of hydrogen-bond acceptors (Lipinski definition) is 2. The second kappa shape index (κ2) is 11.8. The molecule has 2 aliphatic rings. The van der Waals surface area contributed by atoms with Crippen molar-refractivity contribution < 1.29 is 23.1 Å². The summed E-state index contributed by atoms with van der Waals surface area (Å²) in [6, 6.07) is 14.4. The van der Waals surface area contributed by atoms with Gasteiger partial charge < -0.3 is 5.11 Å². The third-order valence-corrected chi connectivity index (χ3v) is 8.00. The molecule has 2 aromatic rings. The van der Waals surface area contributed by atoms with Crippen LogP contribution in [0.5, 0.6) is 0 Å². The van der Waals surface area contributed by atoms with Crippen molar-refractivity contribution in [2.75, 3.05) is 6.54 Å². The van der Waals surface area contributed by atoms with Gasteiger partial charge in [-0.15, -0.1) is 0 Å². The van der Waals surface area contributed by atoms with Crippen LogP contribution in [0.2, 0.25) is 0 Å². The summed E-state index contributed by atoms with van der Waals surface area (Å²) in [6.45, 7) is 5.06. The number of likely N-dealkylation sites (tertiary alicyclic amines) is 1. The number of aliphatic carboxylic acids is 1. The van der Waals surface area contributed by atoms with E-state index in [0.29, 0.717) is 25.3 Å². The fourth-order valence-corrected chi connectivity index (χ4v) is 6.03. The van der Waals surface area contributed by atoms with Crippen molar-refractivity contribution in [2.24, 2.45) is 5.92 Å². The van der Waals surface area contributed by atoms with Crippen LogP contribution in [0.3, 0.4) is 0 Å². The SMILES string of the molecule is CCCC(c1ccc(C(CCC)N2CC/C(=C\C(=O)O)C[C@H]2c2ccc(C(F)(F)F)cc2)cc1)C1CC1. The highest BCUT2D eigenvalue weighted by Gasteiger charge is 2.35. The number of alkyl halides is 3. The van der Waals surface area contributed by atoms with Gasteiger partial charge in [-0.3, -0.25) is 4.90 Å². The third-order valence-electron chi connectivity index (χ3n) is 8.00. The molecule has 2 unspecified atom stereocenters. The molecule has 0 spiro atoms. The number of nitrogens with zero attached hydrogens (tertiary/aromatic N) is 1. The standard InChI is InChI=1S/C31H38F3NO2/c1-3-5-27(22-7-8-22)23-9-11-24(12-10-23)28(6-4-2)35-18-17-21(20-30(36)37)19-29(35)25-13-15-26(16-14-25)31(32,33)34/h9-16,20,22,27-29H,3-8,17-19H2,1-2H3,(H,36,37)/b21-20+/t27?,28?,29-/m0/s1. The predicted octanol–water partition coefficient (Wildman–Crippen LogP) is 8.69. The molecule has 3 nitrogen and oxygen atoms in total. The molecular formula is C31H38F3NO2. The van der Waals surface area contributed by atoms with Gasteiger partial charge in [0.1, 0.15) is 0 Å². The molecule has 0 amide bonds. The Balaban J connectivity index is 1.64. The molecule has 3 atom stereocenters. The van der Waals surface area contributed by atoms with Gasteiger partial charge in [0, 0.05) is 24.7 Å². The Morgan fingerprint density at radius 3 is 2.16 bits per heavy atom. The number of rotatable bonds is 10. The maximum absolute atomic E-state index is 13.2. The van der Waals surface area contributed by atoms with Crippen LogP contribution in [-0.4, -0.2) is 22.5 Å². The van der Waals surface area contributed by atoms with Crippen molar-refractivity contribution in [1.29, 1.82) is 0 Å². The number of piperidine rings is 1. The van der Waals surface area contributed by atoms with Gasteiger partial charge in [-0.05, 0) is 79.2 Å². The lowest BCUT2D eigenvalue weighted by Crippen LogP contribution is -2.37. The van der Waals surface area contributed by atoms with E-state index in [-0.39, 0.29) is 12.1 Å². The highest BCUT2D eigenvalue weighted by molar-refractivity contribution is 5.80. The Labute approximate surface area is 218 Å². The predicted molar refractivity (Wildman–Crippen MR) is 140 cm³/mol. The smallest absolute Gasteiger partial charge is 0.416 e. The Kier molecular flexibility index (Phi) is 8.79. The van der Waals surface area contributed by atoms with E-state index in [1.807, 2.05) is 0 Å². The molecule has 0 bridgehead atoms. The summed E-state index contributed by atoms with van der Waals surface area (Å²) in [5, 5.41) is 9.32. The zero-order chi connectivity index (χ0) is 26.6. The molecule has 200 valence electrons. The molecule has 1 aliphatic carbocycles. The lowest BCUT2D eigenvalue weighted by atomic mass is 9.85. The maximum atomic E-state index is 13.2. The van der Waals surface area contributed by atoms with E-state index in [9.17, 15) is 23.1 Å². The number of carboxylic acids is 1. The van der Waals surface area contributed by atoms with Crippen molar-refractivity contribution >= 4 is 5.97 Å². The average Bonchev–Trinajstić information content (AvgIpc) is 3.71. The van der Waals surface area contributed by atoms with Gasteiger partial charge in [0.25, 0.3) is 0 Å². The molecule has 1 saturated carbocycles. The molecule has 1 aliphatic heterocycles. The van der Waals surface area contributed by atoms with Gasteiger partial charge in [0.2, 0.25) is 0 Å². The molecule has 1 N–H and O–H groups in total. The summed E-state index contributed by atoms with van der Waals surface area (Å²) in [6.07, 6.45) is 4.94. The highest BCUT2D eigenvalue weighted by atomic mass is 19.4. The zero-order valence-corrected chi connectivity index (χ0v) is 21.8. The zero-order valence-electron chi connectivity index (χ0n) is 21.8. The number of carbonyl (C=O) groups is 1. The first kappa shape index (κ1) is 27.4. The summed E-state index contributed by atoms with van der Waals surface area (Å²) in [4.78, 5) is 13.8. The highest BCUT2D eigenvalue weighted by Crippen LogP contribution is 2.46. The largest absolute Gasteiger partial charge is 0.478 e. The molecule has 1 heterocycles. The first-order valence-electron chi connectivity index (χ1n) is 13.7.